The summed E-state index contributed by atoms with van der Waals surface area (Å²) in [7, 11) is 0. The predicted octanol–water partition coefficient (Wildman–Crippen LogP) is 12.8. The fraction of sp³-hybridized carbons (Fsp3) is 0.324. The summed E-state index contributed by atoms with van der Waals surface area (Å²) < 4.78 is 0. The molecule has 0 aromatic heterocycles. The number of unbranched alkanes of at least 4 members (excludes halogenated alkanes) is 4. The summed E-state index contributed by atoms with van der Waals surface area (Å²) >= 11 is 0. The Labute approximate surface area is 506 Å². The van der Waals surface area contributed by atoms with E-state index in [9.17, 15) is 29.1 Å². The number of anilines is 1. The number of rotatable bonds is 25. The molecular formula is C68H81ClN6NiO7+2. The number of halogens is 1. The van der Waals surface area contributed by atoms with Crippen LogP contribution in [0.1, 0.15) is 129 Å². The molecule has 2 heterocycles. The van der Waals surface area contributed by atoms with Crippen molar-refractivity contribution >= 4 is 46.6 Å². The number of carboxylic acids is 2. The van der Waals surface area contributed by atoms with E-state index < -0.39 is 23.0 Å². The Balaban J connectivity index is 0.000000296. The van der Waals surface area contributed by atoms with E-state index in [0.29, 0.717) is 66.0 Å². The molecule has 0 bridgehead atoms. The number of amides is 2. The van der Waals surface area contributed by atoms with Crippen LogP contribution < -0.4 is 11.1 Å². The number of hydrogen-bond acceptors (Lipinski definition) is 9. The van der Waals surface area contributed by atoms with Gasteiger partial charge in [0.05, 0.1) is 41.8 Å². The maximum Gasteiger partial charge on any atom is 2.00 e. The molecule has 440 valence electrons. The Morgan fingerprint density at radius 3 is 1.65 bits per heavy atom. The van der Waals surface area contributed by atoms with E-state index in [4.69, 9.17) is 15.8 Å². The molecule has 0 unspecified atom stereocenters. The summed E-state index contributed by atoms with van der Waals surface area (Å²) in [5, 5.41) is 26.5. The standard InChI is InChI=1S/C33H37N3O3.C25H24N2O2.C10H19NO2.ClH2.Ni/c1-3-4-13-22-33(2,32(38)39)35-30(26-17-9-6-10-18-26)27-19-11-12-20-28(27)34-31(37)29-21-14-23-36(29)24-25-15-7-5-8-16-25;28-24(20-12-5-2-6-13-20)21-14-7-8-15-22(21)26-25(29)23-16-9-17-27(23)18-19-10-3-1-4-11-19;1-3-4-5-6-7-8-10(2,11)9(12)13;;/h3,5-12,15-20,29H,1,4,13-14,21-24H2,2H3,(H2,34,35,37,38,39);1-8,10-15,23H,9,16-18H2,(H,26,29);3H,1,4-8,11H2,2H3,(H,12,13);1H2;/q;;;+1;+2/p-1/t29-,33-;23-;10-;;/m000../s1. The first-order chi connectivity index (χ1) is 39.1. The predicted molar refractivity (Wildman–Crippen MR) is 328 cm³/mol. The number of carbonyl (C=O) groups is 5. The Hall–Kier alpha value is -7.32. The van der Waals surface area contributed by atoms with Crippen molar-refractivity contribution in [1.82, 2.24) is 9.80 Å². The molecular weight excluding hydrogens is 1110 g/mol. The molecule has 2 saturated heterocycles. The van der Waals surface area contributed by atoms with Crippen LogP contribution in [0.3, 0.4) is 0 Å². The minimum Gasteiger partial charge on any atom is -0.625 e. The van der Waals surface area contributed by atoms with Gasteiger partial charge in [-0.05, 0) is 120 Å². The van der Waals surface area contributed by atoms with Crippen molar-refractivity contribution < 1.29 is 63.1 Å². The van der Waals surface area contributed by atoms with E-state index in [1.54, 1.807) is 50.3 Å². The third-order valence-electron chi connectivity index (χ3n) is 14.7. The van der Waals surface area contributed by atoms with Gasteiger partial charge in [-0.1, -0.05) is 183 Å². The van der Waals surface area contributed by atoms with E-state index >= 15 is 0 Å². The molecule has 2 aliphatic heterocycles. The second-order valence-electron chi connectivity index (χ2n) is 21.1. The van der Waals surface area contributed by atoms with Crippen LogP contribution in [0.15, 0.2) is 200 Å². The van der Waals surface area contributed by atoms with Gasteiger partial charge in [-0.3, -0.25) is 29.2 Å². The largest absolute Gasteiger partial charge is 2.00 e. The van der Waals surface area contributed by atoms with Gasteiger partial charge < -0.3 is 31.4 Å². The number of hydrogen-bond donors (Lipinski definition) is 4. The zero-order valence-corrected chi connectivity index (χ0v) is 49.7. The molecule has 0 saturated carbocycles. The molecule has 5 N–H and O–H groups in total. The fourth-order valence-electron chi connectivity index (χ4n) is 9.95. The maximum absolute atomic E-state index is 13.5. The Morgan fingerprint density at radius 1 is 0.614 bits per heavy atom. The summed E-state index contributed by atoms with van der Waals surface area (Å²) in [6.07, 6.45) is 13.4. The summed E-state index contributed by atoms with van der Waals surface area (Å²) in [6.45, 7) is 13.8. The van der Waals surface area contributed by atoms with Crippen LogP contribution >= 0.6 is 0 Å². The summed E-state index contributed by atoms with van der Waals surface area (Å²) in [5.74, 6) is -2.24. The van der Waals surface area contributed by atoms with Crippen molar-refractivity contribution in [3.05, 3.63) is 234 Å². The number of aliphatic carboxylic acids is 2. The third-order valence-corrected chi connectivity index (χ3v) is 14.7. The van der Waals surface area contributed by atoms with Gasteiger partial charge in [-0.25, -0.2) is 4.79 Å². The van der Waals surface area contributed by atoms with Crippen LogP contribution in [0.2, 0.25) is 0 Å². The first kappa shape index (κ1) is 68.2. The average molecular weight is 1190 g/mol. The number of nitrogens with one attached hydrogen (secondary N) is 1. The second kappa shape index (κ2) is 35.0. The molecule has 2 amide bonds. The third kappa shape index (κ3) is 20.8. The minimum absolute atomic E-state index is 0. The maximum atomic E-state index is 13.5. The van der Waals surface area contributed by atoms with E-state index in [-0.39, 0.29) is 58.6 Å². The quantitative estimate of drug-likeness (QED) is 0.0141. The smallest absolute Gasteiger partial charge is 0.625 e. The topological polar surface area (TPSA) is 197 Å². The molecule has 2 aliphatic rings. The molecule has 83 heavy (non-hydrogen) atoms. The van der Waals surface area contributed by atoms with E-state index in [2.05, 4.69) is 57.9 Å². The van der Waals surface area contributed by atoms with Crippen LogP contribution in [-0.2, 0) is 48.8 Å². The number of carboxylic acid groups (broad SMARTS) is 2. The molecule has 6 aromatic rings. The number of nitrogens with two attached hydrogens (primary N) is 1. The first-order valence-electron chi connectivity index (χ1n) is 28.2. The number of likely N-dealkylation sites (tertiary alicyclic amines) is 2. The number of ketones is 1. The van der Waals surface area contributed by atoms with Crippen LogP contribution in [0, 0.1) is 12.4 Å². The normalized spacial score (nSPS) is 16.3. The molecule has 0 spiro atoms. The number of benzene rings is 6. The van der Waals surface area contributed by atoms with Crippen LogP contribution in [0.25, 0.3) is 5.32 Å². The molecule has 8 rings (SSSR count). The van der Waals surface area contributed by atoms with Gasteiger partial charge in [0.15, 0.2) is 11.3 Å². The van der Waals surface area contributed by atoms with Crippen LogP contribution in [0.4, 0.5) is 11.4 Å². The summed E-state index contributed by atoms with van der Waals surface area (Å²) in [5.41, 5.74) is 9.63. The average Bonchev–Trinajstić information content (AvgIpc) is 4.17. The van der Waals surface area contributed by atoms with Gasteiger partial charge in [0.25, 0.3) is 0 Å². The van der Waals surface area contributed by atoms with Crippen LogP contribution in [0.5, 0.6) is 0 Å². The van der Waals surface area contributed by atoms with Gasteiger partial charge in [-0.2, -0.15) is 0 Å². The van der Waals surface area contributed by atoms with E-state index in [1.807, 2.05) is 121 Å². The summed E-state index contributed by atoms with van der Waals surface area (Å²) in [6, 6.07) is 53.1. The fourth-order valence-corrected chi connectivity index (χ4v) is 9.95. The van der Waals surface area contributed by atoms with Crippen LogP contribution in [-0.4, -0.2) is 91.5 Å². The van der Waals surface area contributed by atoms with Crippen molar-refractivity contribution in [2.24, 2.45) is 10.7 Å². The second-order valence-corrected chi connectivity index (χ2v) is 21.1. The van der Waals surface area contributed by atoms with Crippen molar-refractivity contribution in [2.45, 2.75) is 127 Å². The van der Waals surface area contributed by atoms with Crippen molar-refractivity contribution in [2.75, 3.05) is 18.4 Å². The molecule has 4 atom stereocenters. The molecule has 0 aliphatic carbocycles. The van der Waals surface area contributed by atoms with E-state index in [0.717, 1.165) is 76.6 Å². The number of carbonyl (C=O) groups excluding carboxylic acids is 3. The van der Waals surface area contributed by atoms with Gasteiger partial charge >= 0.3 is 28.4 Å². The monoisotopic (exact) mass is 1190 g/mol. The Kier molecular flexibility index (Phi) is 28.7. The number of allylic oxidation sites excluding steroid dienone is 2. The number of nitrogens with zero attached hydrogens (tertiary/aromatic N) is 4. The first-order valence-corrected chi connectivity index (χ1v) is 28.2. The number of aliphatic imine (C=N–C) groups is 1. The van der Waals surface area contributed by atoms with Crippen molar-refractivity contribution in [3.63, 3.8) is 0 Å². The molecule has 2 fully saturated rings. The van der Waals surface area contributed by atoms with Crippen molar-refractivity contribution in [1.29, 1.82) is 0 Å². The van der Waals surface area contributed by atoms with Gasteiger partial charge in [0.1, 0.15) is 5.54 Å². The Bertz CT molecular complexity index is 3040. The molecule has 15 heteroatoms. The number of para-hydroxylation sites is 2. The van der Waals surface area contributed by atoms with Gasteiger partial charge in [0.2, 0.25) is 5.91 Å². The van der Waals surface area contributed by atoms with Gasteiger partial charge in [0, 0.05) is 29.8 Å². The molecule has 0 radical (unpaired) electrons. The Morgan fingerprint density at radius 2 is 1.10 bits per heavy atom. The van der Waals surface area contributed by atoms with Crippen molar-refractivity contribution in [3.8, 4) is 0 Å². The van der Waals surface area contributed by atoms with Gasteiger partial charge in [-0.15, -0.1) is 18.8 Å². The summed E-state index contributed by atoms with van der Waals surface area (Å²) in [4.78, 5) is 71.8. The zero-order valence-electron chi connectivity index (χ0n) is 47.8. The minimum atomic E-state index is -1.34. The molecule has 6 aromatic carbocycles. The van der Waals surface area contributed by atoms with E-state index in [1.165, 1.54) is 11.1 Å². The SMILES string of the molecule is C=CCCCCC[C@](C)(N)C(=O)O.C=CCCC[C@](C)(N=C(c1ccccc1)c1ccccc1[N-]C(=O)[C@@H]1CCCN1Cc1ccccc1)C(=O)O.O=C(c1ccccc1)c1ccccc1NC(=O)[C@@H]1CCCN1Cc1ccccc1.[ClH2+].[Ni+2]. The zero-order chi connectivity index (χ0) is 58.0. The molecule has 13 nitrogen and oxygen atoms in total.